The minimum absolute atomic E-state index is 0.223. The summed E-state index contributed by atoms with van der Waals surface area (Å²) in [6, 6.07) is 8.83. The molecule has 1 aliphatic heterocycles. The largest absolute Gasteiger partial charge is 0.368 e. The van der Waals surface area contributed by atoms with Gasteiger partial charge < -0.3 is 15.5 Å². The highest BCUT2D eigenvalue weighted by atomic mass is 16.2. The number of hydrogen-bond acceptors (Lipinski definition) is 3. The van der Waals surface area contributed by atoms with Gasteiger partial charge in [0.15, 0.2) is 0 Å². The molecule has 1 saturated heterocycles. The van der Waals surface area contributed by atoms with Gasteiger partial charge in [-0.1, -0.05) is 25.0 Å². The van der Waals surface area contributed by atoms with Crippen LogP contribution in [0.5, 0.6) is 0 Å². The fourth-order valence-corrected chi connectivity index (χ4v) is 3.88. The summed E-state index contributed by atoms with van der Waals surface area (Å²) in [7, 11) is 0. The average Bonchev–Trinajstić information content (AvgIpc) is 2.57. The number of aryl methyl sites for hydroxylation is 1. The summed E-state index contributed by atoms with van der Waals surface area (Å²) in [5, 5.41) is 0. The summed E-state index contributed by atoms with van der Waals surface area (Å²) in [6.07, 6.45) is 5.30. The van der Waals surface area contributed by atoms with Crippen LogP contribution in [0.15, 0.2) is 24.3 Å². The number of hydrogen-bond donors (Lipinski definition) is 1. The fraction of sp³-hybridized carbons (Fsp3) is 0.632. The number of anilines is 1. The third kappa shape index (κ3) is 4.05. The Kier molecular flexibility index (Phi) is 5.21. The molecule has 1 heterocycles. The number of piperazine rings is 1. The predicted octanol–water partition coefficient (Wildman–Crippen LogP) is 2.55. The minimum atomic E-state index is 0.223. The maximum atomic E-state index is 12.6. The van der Waals surface area contributed by atoms with Crippen molar-refractivity contribution < 1.29 is 4.79 Å². The lowest BCUT2D eigenvalue weighted by atomic mass is 9.82. The maximum Gasteiger partial charge on any atom is 0.223 e. The molecule has 0 radical (unpaired) electrons. The van der Waals surface area contributed by atoms with Crippen LogP contribution in [-0.2, 0) is 4.79 Å². The fourth-order valence-electron chi connectivity index (χ4n) is 3.88. The second-order valence-electron chi connectivity index (χ2n) is 7.12. The van der Waals surface area contributed by atoms with E-state index >= 15 is 0 Å². The van der Waals surface area contributed by atoms with Crippen molar-refractivity contribution in [3.8, 4) is 0 Å². The number of nitrogens with zero attached hydrogens (tertiary/aromatic N) is 2. The molecule has 1 aromatic carbocycles. The first-order chi connectivity index (χ1) is 11.1. The lowest BCUT2D eigenvalue weighted by molar-refractivity contribution is -0.132. The molecule has 2 aliphatic rings. The first-order valence-electron chi connectivity index (χ1n) is 8.98. The Labute approximate surface area is 139 Å². The topological polar surface area (TPSA) is 49.6 Å². The van der Waals surface area contributed by atoms with Crippen LogP contribution < -0.4 is 10.6 Å². The van der Waals surface area contributed by atoms with Gasteiger partial charge in [-0.15, -0.1) is 0 Å². The van der Waals surface area contributed by atoms with Crippen molar-refractivity contribution in [1.29, 1.82) is 0 Å². The molecule has 2 unspecified atom stereocenters. The van der Waals surface area contributed by atoms with Crippen LogP contribution in [0.1, 0.15) is 37.7 Å². The molecule has 3 rings (SSSR count). The van der Waals surface area contributed by atoms with Gasteiger partial charge in [-0.25, -0.2) is 0 Å². The maximum absolute atomic E-state index is 12.6. The Hall–Kier alpha value is -1.55. The van der Waals surface area contributed by atoms with Crippen LogP contribution in [0.4, 0.5) is 5.69 Å². The molecule has 1 aromatic rings. The summed E-state index contributed by atoms with van der Waals surface area (Å²) in [4.78, 5) is 17.0. The smallest absolute Gasteiger partial charge is 0.223 e. The first kappa shape index (κ1) is 16.3. The summed E-state index contributed by atoms with van der Waals surface area (Å²) in [5.41, 5.74) is 8.74. The molecule has 1 amide bonds. The van der Waals surface area contributed by atoms with E-state index in [4.69, 9.17) is 5.73 Å². The van der Waals surface area contributed by atoms with Gasteiger partial charge in [-0.3, -0.25) is 4.79 Å². The molecule has 2 atom stereocenters. The van der Waals surface area contributed by atoms with E-state index in [0.717, 1.165) is 39.0 Å². The zero-order valence-electron chi connectivity index (χ0n) is 14.2. The molecule has 0 bridgehead atoms. The molecule has 4 nitrogen and oxygen atoms in total. The number of benzene rings is 1. The highest BCUT2D eigenvalue weighted by Crippen LogP contribution is 2.26. The van der Waals surface area contributed by atoms with E-state index in [2.05, 4.69) is 36.1 Å². The molecule has 1 aliphatic carbocycles. The average molecular weight is 315 g/mol. The van der Waals surface area contributed by atoms with E-state index < -0.39 is 0 Å². The Balaban J connectivity index is 1.51. The molecule has 1 saturated carbocycles. The molecule has 0 spiro atoms. The Morgan fingerprint density at radius 2 is 1.91 bits per heavy atom. The summed E-state index contributed by atoms with van der Waals surface area (Å²) < 4.78 is 0. The van der Waals surface area contributed by atoms with Gasteiger partial charge in [-0.2, -0.15) is 0 Å². The molecule has 2 fully saturated rings. The lowest BCUT2D eigenvalue weighted by Crippen LogP contribution is -2.49. The highest BCUT2D eigenvalue weighted by molar-refractivity contribution is 5.77. The van der Waals surface area contributed by atoms with Gasteiger partial charge >= 0.3 is 0 Å². The number of nitrogens with two attached hydrogens (primary N) is 1. The van der Waals surface area contributed by atoms with Gasteiger partial charge in [0.05, 0.1) is 0 Å². The first-order valence-corrected chi connectivity index (χ1v) is 8.98. The van der Waals surface area contributed by atoms with Crippen molar-refractivity contribution in [1.82, 2.24) is 4.90 Å². The van der Waals surface area contributed by atoms with Crippen molar-refractivity contribution in [3.63, 3.8) is 0 Å². The second kappa shape index (κ2) is 7.35. The van der Waals surface area contributed by atoms with Gasteiger partial charge in [0.25, 0.3) is 0 Å². The summed E-state index contributed by atoms with van der Waals surface area (Å²) in [6.45, 7) is 5.62. The Morgan fingerprint density at radius 3 is 2.61 bits per heavy atom. The zero-order valence-corrected chi connectivity index (χ0v) is 14.2. The zero-order chi connectivity index (χ0) is 16.2. The SMILES string of the molecule is Cc1cccc(N2CCN(C(=O)CC3CCCCC3N)CC2)c1. The molecular formula is C19H29N3O. The highest BCUT2D eigenvalue weighted by Gasteiger charge is 2.28. The third-order valence-corrected chi connectivity index (χ3v) is 5.40. The molecule has 4 heteroatoms. The molecular weight excluding hydrogens is 286 g/mol. The normalized spacial score (nSPS) is 25.5. The van der Waals surface area contributed by atoms with Crippen LogP contribution >= 0.6 is 0 Å². The summed E-state index contributed by atoms with van der Waals surface area (Å²) >= 11 is 0. The van der Waals surface area contributed by atoms with E-state index in [1.54, 1.807) is 0 Å². The van der Waals surface area contributed by atoms with Crippen LogP contribution in [0, 0.1) is 12.8 Å². The van der Waals surface area contributed by atoms with Crippen molar-refractivity contribution in [2.75, 3.05) is 31.1 Å². The second-order valence-corrected chi connectivity index (χ2v) is 7.12. The van der Waals surface area contributed by atoms with Crippen LogP contribution in [-0.4, -0.2) is 43.0 Å². The van der Waals surface area contributed by atoms with Gasteiger partial charge in [0, 0.05) is 44.3 Å². The molecule has 23 heavy (non-hydrogen) atoms. The molecule has 126 valence electrons. The standard InChI is InChI=1S/C19H29N3O/c1-15-5-4-7-17(13-15)21-9-11-22(12-10-21)19(23)14-16-6-2-3-8-18(16)20/h4-5,7,13,16,18H,2-3,6,8-12,14,20H2,1H3. The number of carbonyl (C=O) groups is 1. The van der Waals surface area contributed by atoms with Gasteiger partial charge in [0.1, 0.15) is 0 Å². The molecule has 0 aromatic heterocycles. The van der Waals surface area contributed by atoms with Crippen molar-refractivity contribution in [2.45, 2.75) is 45.1 Å². The predicted molar refractivity (Wildman–Crippen MR) is 94.5 cm³/mol. The van der Waals surface area contributed by atoms with E-state index in [0.29, 0.717) is 18.2 Å². The number of carbonyl (C=O) groups excluding carboxylic acids is 1. The monoisotopic (exact) mass is 315 g/mol. The lowest BCUT2D eigenvalue weighted by Gasteiger charge is -2.37. The van der Waals surface area contributed by atoms with Crippen LogP contribution in [0.3, 0.4) is 0 Å². The van der Waals surface area contributed by atoms with Crippen LogP contribution in [0.25, 0.3) is 0 Å². The quantitative estimate of drug-likeness (QED) is 0.932. The van der Waals surface area contributed by atoms with E-state index in [1.165, 1.54) is 24.1 Å². The van der Waals surface area contributed by atoms with E-state index in [1.807, 2.05) is 4.90 Å². The third-order valence-electron chi connectivity index (χ3n) is 5.40. The van der Waals surface area contributed by atoms with E-state index in [9.17, 15) is 4.79 Å². The number of rotatable bonds is 3. The van der Waals surface area contributed by atoms with Crippen molar-refractivity contribution in [3.05, 3.63) is 29.8 Å². The van der Waals surface area contributed by atoms with Gasteiger partial charge in [0.2, 0.25) is 5.91 Å². The Bertz CT molecular complexity index is 537. The molecule has 2 N–H and O–H groups in total. The minimum Gasteiger partial charge on any atom is -0.368 e. The number of amides is 1. The Morgan fingerprint density at radius 1 is 1.17 bits per heavy atom. The summed E-state index contributed by atoms with van der Waals surface area (Å²) in [5.74, 6) is 0.697. The van der Waals surface area contributed by atoms with Crippen molar-refractivity contribution in [2.24, 2.45) is 11.7 Å². The van der Waals surface area contributed by atoms with Crippen LogP contribution in [0.2, 0.25) is 0 Å². The van der Waals surface area contributed by atoms with Crippen molar-refractivity contribution >= 4 is 11.6 Å². The van der Waals surface area contributed by atoms with Gasteiger partial charge in [-0.05, 0) is 43.4 Å². The van der Waals surface area contributed by atoms with E-state index in [-0.39, 0.29) is 6.04 Å².